The minimum atomic E-state index is -2.42. The van der Waals surface area contributed by atoms with Crippen molar-refractivity contribution in [1.82, 2.24) is 4.90 Å². The van der Waals surface area contributed by atoms with Gasteiger partial charge in [0.1, 0.15) is 6.04 Å². The number of hydrogen-bond donors (Lipinski definition) is 4. The van der Waals surface area contributed by atoms with Crippen molar-refractivity contribution in [3.63, 3.8) is 0 Å². The summed E-state index contributed by atoms with van der Waals surface area (Å²) in [4.78, 5) is 45.3. The van der Waals surface area contributed by atoms with Crippen LogP contribution in [0.1, 0.15) is 19.3 Å². The molecule has 1 fully saturated rings. The Morgan fingerprint density at radius 2 is 1.89 bits per heavy atom. The average molecular weight is 275 g/mol. The molecule has 0 aromatic rings. The largest absolute Gasteiger partial charge is 0.481 e. The first-order chi connectivity index (χ1) is 8.73. The summed E-state index contributed by atoms with van der Waals surface area (Å²) in [5.41, 5.74) is -2.42. The predicted octanol–water partition coefficient (Wildman–Crippen LogP) is -2.21. The lowest BCUT2D eigenvalue weighted by Crippen LogP contribution is -2.49. The summed E-state index contributed by atoms with van der Waals surface area (Å²) < 4.78 is 0. The van der Waals surface area contributed by atoms with Crippen molar-refractivity contribution in [2.24, 2.45) is 0 Å². The van der Waals surface area contributed by atoms with Crippen LogP contribution < -0.4 is 0 Å². The molecule has 0 saturated carbocycles. The molecule has 19 heavy (non-hydrogen) atoms. The Kier molecular flexibility index (Phi) is 4.22. The fourth-order valence-corrected chi connectivity index (χ4v) is 1.94. The minimum absolute atomic E-state index is 0.307. The maximum atomic E-state index is 11.8. The number of likely N-dealkylation sites (tertiary alicyclic amines) is 1. The maximum Gasteiger partial charge on any atom is 0.327 e. The summed E-state index contributed by atoms with van der Waals surface area (Å²) in [7, 11) is 0. The molecule has 0 aromatic heterocycles. The van der Waals surface area contributed by atoms with Crippen LogP contribution in [0, 0.1) is 0 Å². The second-order valence-corrected chi connectivity index (χ2v) is 4.21. The molecule has 4 N–H and O–H groups in total. The summed E-state index contributed by atoms with van der Waals surface area (Å²) in [6.07, 6.45) is -2.16. The summed E-state index contributed by atoms with van der Waals surface area (Å²) >= 11 is 0. The second kappa shape index (κ2) is 5.33. The molecule has 0 bridgehead atoms. The third kappa shape index (κ3) is 2.88. The van der Waals surface area contributed by atoms with Gasteiger partial charge in [-0.2, -0.15) is 0 Å². The number of aliphatic hydroxyl groups is 2. The van der Waals surface area contributed by atoms with E-state index in [1.54, 1.807) is 0 Å². The van der Waals surface area contributed by atoms with Crippen LogP contribution in [-0.4, -0.2) is 67.3 Å². The Hall–Kier alpha value is -2.00. The van der Waals surface area contributed by atoms with Crippen LogP contribution in [0.25, 0.3) is 0 Å². The Labute approximate surface area is 107 Å². The van der Waals surface area contributed by atoms with Crippen molar-refractivity contribution in [1.29, 1.82) is 0 Å². The van der Waals surface area contributed by atoms with E-state index < -0.39 is 61.3 Å². The van der Waals surface area contributed by atoms with Crippen LogP contribution in [0.15, 0.2) is 0 Å². The Bertz CT molecular complexity index is 433. The van der Waals surface area contributed by atoms with Gasteiger partial charge in [0, 0.05) is 13.0 Å². The molecule has 1 aliphatic heterocycles. The zero-order valence-electron chi connectivity index (χ0n) is 9.77. The summed E-state index contributed by atoms with van der Waals surface area (Å²) in [5, 5.41) is 36.0. The van der Waals surface area contributed by atoms with Crippen LogP contribution in [0.2, 0.25) is 0 Å². The number of imide groups is 1. The topological polar surface area (TPSA) is 152 Å². The Balaban J connectivity index is 3.03. The number of hydrogen-bond acceptors (Lipinski definition) is 6. The molecular weight excluding hydrogens is 262 g/mol. The van der Waals surface area contributed by atoms with Crippen LogP contribution in [-0.2, 0) is 19.2 Å². The molecule has 2 atom stereocenters. The average Bonchev–Trinajstić information content (AvgIpc) is 2.46. The smallest absolute Gasteiger partial charge is 0.327 e. The second-order valence-electron chi connectivity index (χ2n) is 4.21. The van der Waals surface area contributed by atoms with E-state index in [0.29, 0.717) is 4.90 Å². The molecular formula is C10H13NO8. The standard InChI is InChI=1S/C10H13NO8/c12-2-1-5(8(16)17)11-6(13)3-10(19,9(11)18)4-7(14)15/h5,12,19H,1-4H2,(H,14,15)(H,16,17). The quantitative estimate of drug-likeness (QED) is 0.398. The first kappa shape index (κ1) is 15.1. The van der Waals surface area contributed by atoms with Gasteiger partial charge in [0.25, 0.3) is 5.91 Å². The molecule has 0 aromatic carbocycles. The molecule has 0 spiro atoms. The van der Waals surface area contributed by atoms with E-state index >= 15 is 0 Å². The van der Waals surface area contributed by atoms with Gasteiger partial charge in [0.2, 0.25) is 5.91 Å². The van der Waals surface area contributed by atoms with Crippen molar-refractivity contribution in [3.8, 4) is 0 Å². The molecule has 0 radical (unpaired) electrons. The summed E-state index contributed by atoms with van der Waals surface area (Å²) in [5.74, 6) is -5.25. The Morgan fingerprint density at radius 3 is 2.32 bits per heavy atom. The zero-order valence-corrected chi connectivity index (χ0v) is 9.77. The monoisotopic (exact) mass is 275 g/mol. The van der Waals surface area contributed by atoms with Gasteiger partial charge in [-0.15, -0.1) is 0 Å². The molecule has 1 saturated heterocycles. The number of nitrogens with zero attached hydrogens (tertiary/aromatic N) is 1. The number of aliphatic carboxylic acids is 2. The fraction of sp³-hybridized carbons (Fsp3) is 0.600. The first-order valence-electron chi connectivity index (χ1n) is 5.37. The molecule has 9 nitrogen and oxygen atoms in total. The molecule has 2 amide bonds. The van der Waals surface area contributed by atoms with Crippen molar-refractivity contribution >= 4 is 23.8 Å². The van der Waals surface area contributed by atoms with Gasteiger partial charge in [0.15, 0.2) is 5.60 Å². The minimum Gasteiger partial charge on any atom is -0.481 e. The number of carboxylic acids is 2. The highest BCUT2D eigenvalue weighted by molar-refractivity contribution is 6.10. The van der Waals surface area contributed by atoms with E-state index in [9.17, 15) is 24.3 Å². The van der Waals surface area contributed by atoms with Gasteiger partial charge in [-0.1, -0.05) is 0 Å². The summed E-state index contributed by atoms with van der Waals surface area (Å²) in [6.45, 7) is -0.578. The van der Waals surface area contributed by atoms with Gasteiger partial charge < -0.3 is 20.4 Å². The molecule has 1 aliphatic rings. The van der Waals surface area contributed by atoms with Crippen LogP contribution >= 0.6 is 0 Å². The summed E-state index contributed by atoms with van der Waals surface area (Å²) in [6, 6.07) is -1.62. The number of aliphatic hydroxyl groups excluding tert-OH is 1. The van der Waals surface area contributed by atoms with Gasteiger partial charge in [0.05, 0.1) is 12.8 Å². The highest BCUT2D eigenvalue weighted by Gasteiger charge is 2.54. The van der Waals surface area contributed by atoms with Crippen molar-refractivity contribution in [2.45, 2.75) is 30.9 Å². The highest BCUT2D eigenvalue weighted by atomic mass is 16.4. The predicted molar refractivity (Wildman–Crippen MR) is 56.8 cm³/mol. The third-order valence-electron chi connectivity index (χ3n) is 2.77. The SMILES string of the molecule is O=C(O)CC1(O)CC(=O)N(C(CCO)C(=O)O)C1=O. The van der Waals surface area contributed by atoms with Crippen LogP contribution in [0.4, 0.5) is 0 Å². The first-order valence-corrected chi connectivity index (χ1v) is 5.37. The number of carbonyl (C=O) groups is 4. The molecule has 106 valence electrons. The zero-order chi connectivity index (χ0) is 14.8. The van der Waals surface area contributed by atoms with Crippen LogP contribution in [0.5, 0.6) is 0 Å². The molecule has 2 unspecified atom stereocenters. The van der Waals surface area contributed by atoms with E-state index in [1.165, 1.54) is 0 Å². The van der Waals surface area contributed by atoms with Crippen LogP contribution in [0.3, 0.4) is 0 Å². The molecule has 9 heteroatoms. The van der Waals surface area contributed by atoms with Gasteiger partial charge in [-0.25, -0.2) is 4.79 Å². The van der Waals surface area contributed by atoms with Gasteiger partial charge in [-0.3, -0.25) is 19.3 Å². The molecule has 1 rings (SSSR count). The lowest BCUT2D eigenvalue weighted by atomic mass is 9.98. The number of carboxylic acid groups (broad SMARTS) is 2. The van der Waals surface area contributed by atoms with Gasteiger partial charge in [-0.05, 0) is 0 Å². The van der Waals surface area contributed by atoms with E-state index in [2.05, 4.69) is 0 Å². The van der Waals surface area contributed by atoms with E-state index in [4.69, 9.17) is 15.3 Å². The normalized spacial score (nSPS) is 24.6. The lowest BCUT2D eigenvalue weighted by molar-refractivity contribution is -0.160. The lowest BCUT2D eigenvalue weighted by Gasteiger charge is -2.24. The van der Waals surface area contributed by atoms with E-state index in [1.807, 2.05) is 0 Å². The van der Waals surface area contributed by atoms with Gasteiger partial charge >= 0.3 is 11.9 Å². The number of carbonyl (C=O) groups excluding carboxylic acids is 2. The third-order valence-corrected chi connectivity index (χ3v) is 2.77. The molecule has 0 aliphatic carbocycles. The number of rotatable bonds is 6. The Morgan fingerprint density at radius 1 is 1.32 bits per heavy atom. The maximum absolute atomic E-state index is 11.8. The van der Waals surface area contributed by atoms with E-state index in [-0.39, 0.29) is 0 Å². The number of amides is 2. The van der Waals surface area contributed by atoms with Crippen molar-refractivity contribution in [2.75, 3.05) is 6.61 Å². The fourth-order valence-electron chi connectivity index (χ4n) is 1.94. The highest BCUT2D eigenvalue weighted by Crippen LogP contribution is 2.29. The van der Waals surface area contributed by atoms with Crippen molar-refractivity contribution in [3.05, 3.63) is 0 Å². The molecule has 1 heterocycles. The van der Waals surface area contributed by atoms with Crippen molar-refractivity contribution < 1.29 is 39.6 Å². The van der Waals surface area contributed by atoms with E-state index in [0.717, 1.165) is 0 Å².